The first kappa shape index (κ1) is 31.3. The van der Waals surface area contributed by atoms with Gasteiger partial charge in [-0.15, -0.1) is 10.2 Å². The lowest BCUT2D eigenvalue weighted by molar-refractivity contribution is -0.128. The molecule has 2 aromatic heterocycles. The SMILES string of the molecule is COc1ccc(Oc2ccc(Nc3cc(=O)n(CC(C)(C)C(=O)NS(C)(=O)=O)c(=O)n3Cc3ccc(Cl)cc3)cc2)nn1. The number of hydrogen-bond donors (Lipinski definition) is 2. The van der Waals surface area contributed by atoms with E-state index in [9.17, 15) is 22.8 Å². The van der Waals surface area contributed by atoms with Crippen LogP contribution in [0.25, 0.3) is 0 Å². The topological polar surface area (TPSA) is 164 Å². The number of benzene rings is 2. The van der Waals surface area contributed by atoms with Crippen LogP contribution in [0.15, 0.2) is 76.3 Å². The van der Waals surface area contributed by atoms with Crippen LogP contribution in [-0.4, -0.2) is 47.0 Å². The number of nitrogens with zero attached hydrogens (tertiary/aromatic N) is 4. The molecule has 0 bridgehead atoms. The van der Waals surface area contributed by atoms with E-state index < -0.39 is 32.6 Å². The Bertz CT molecular complexity index is 1840. The fraction of sp³-hybridized carbons (Fsp3) is 0.250. The van der Waals surface area contributed by atoms with Gasteiger partial charge in [0.05, 0.1) is 25.3 Å². The highest BCUT2D eigenvalue weighted by atomic mass is 35.5. The van der Waals surface area contributed by atoms with Gasteiger partial charge in [0.15, 0.2) is 0 Å². The molecular weight excluding hydrogens is 600 g/mol. The maximum Gasteiger partial charge on any atom is 0.332 e. The number of nitrogens with one attached hydrogen (secondary N) is 2. The average molecular weight is 629 g/mol. The van der Waals surface area contributed by atoms with Crippen molar-refractivity contribution in [2.75, 3.05) is 18.7 Å². The van der Waals surface area contributed by atoms with E-state index in [-0.39, 0.29) is 24.8 Å². The minimum Gasteiger partial charge on any atom is -0.480 e. The zero-order valence-corrected chi connectivity index (χ0v) is 25.3. The van der Waals surface area contributed by atoms with Crippen molar-refractivity contribution in [3.05, 3.63) is 98.2 Å². The van der Waals surface area contributed by atoms with E-state index in [1.165, 1.54) is 31.6 Å². The second-order valence-electron chi connectivity index (χ2n) is 10.2. The molecule has 226 valence electrons. The molecule has 0 unspecified atom stereocenters. The Morgan fingerprint density at radius 3 is 2.16 bits per heavy atom. The molecule has 1 amide bonds. The first-order chi connectivity index (χ1) is 20.2. The summed E-state index contributed by atoms with van der Waals surface area (Å²) in [6.07, 6.45) is 0.846. The average Bonchev–Trinajstić information content (AvgIpc) is 2.95. The van der Waals surface area contributed by atoms with Gasteiger partial charge in [0.25, 0.3) is 5.56 Å². The molecule has 4 rings (SSSR count). The van der Waals surface area contributed by atoms with Crippen LogP contribution in [0.3, 0.4) is 0 Å². The number of hydrogen-bond acceptors (Lipinski definition) is 10. The molecule has 0 atom stereocenters. The number of ether oxygens (including phenoxy) is 2. The van der Waals surface area contributed by atoms with Gasteiger partial charge < -0.3 is 14.8 Å². The quantitative estimate of drug-likeness (QED) is 0.252. The first-order valence-electron chi connectivity index (χ1n) is 12.8. The fourth-order valence-electron chi connectivity index (χ4n) is 3.91. The predicted molar refractivity (Wildman–Crippen MR) is 161 cm³/mol. The number of carbonyl (C=O) groups excluding carboxylic acids is 1. The smallest absolute Gasteiger partial charge is 0.332 e. The lowest BCUT2D eigenvalue weighted by atomic mass is 9.92. The number of halogens is 1. The van der Waals surface area contributed by atoms with Crippen LogP contribution in [0, 0.1) is 5.41 Å². The molecule has 13 nitrogen and oxygen atoms in total. The van der Waals surface area contributed by atoms with Gasteiger partial charge in [-0.1, -0.05) is 23.7 Å². The van der Waals surface area contributed by atoms with Gasteiger partial charge >= 0.3 is 5.69 Å². The summed E-state index contributed by atoms with van der Waals surface area (Å²) in [6.45, 7) is 2.57. The fourth-order valence-corrected chi connectivity index (χ4v) is 4.65. The number of methoxy groups -OCH3 is 1. The Hall–Kier alpha value is -4.69. The van der Waals surface area contributed by atoms with Crippen LogP contribution in [0.4, 0.5) is 11.5 Å². The minimum absolute atomic E-state index is 0.0614. The summed E-state index contributed by atoms with van der Waals surface area (Å²) in [5.74, 6) is 0.410. The van der Waals surface area contributed by atoms with Crippen molar-refractivity contribution in [2.45, 2.75) is 26.9 Å². The van der Waals surface area contributed by atoms with E-state index in [1.54, 1.807) is 60.7 Å². The number of rotatable bonds is 11. The minimum atomic E-state index is -3.85. The van der Waals surface area contributed by atoms with Crippen LogP contribution in [0.2, 0.25) is 5.02 Å². The Balaban J connectivity index is 1.66. The van der Waals surface area contributed by atoms with E-state index >= 15 is 0 Å². The van der Waals surface area contributed by atoms with Crippen LogP contribution in [0.5, 0.6) is 17.5 Å². The number of carbonyl (C=O) groups is 1. The van der Waals surface area contributed by atoms with Crippen LogP contribution in [0.1, 0.15) is 19.4 Å². The molecule has 2 aromatic carbocycles. The van der Waals surface area contributed by atoms with Crippen molar-refractivity contribution >= 4 is 39.0 Å². The molecule has 2 N–H and O–H groups in total. The largest absolute Gasteiger partial charge is 0.480 e. The third kappa shape index (κ3) is 8.20. The first-order valence-corrected chi connectivity index (χ1v) is 15.0. The summed E-state index contributed by atoms with van der Waals surface area (Å²) in [5, 5.41) is 11.4. The zero-order valence-electron chi connectivity index (χ0n) is 23.7. The molecule has 43 heavy (non-hydrogen) atoms. The van der Waals surface area contributed by atoms with E-state index in [2.05, 4.69) is 15.5 Å². The highest BCUT2D eigenvalue weighted by Crippen LogP contribution is 2.24. The number of sulfonamides is 1. The molecule has 0 aliphatic rings. The van der Waals surface area contributed by atoms with Gasteiger partial charge in [-0.25, -0.2) is 13.2 Å². The number of amides is 1. The lowest BCUT2D eigenvalue weighted by Gasteiger charge is -2.24. The maximum atomic E-state index is 13.7. The molecule has 0 radical (unpaired) electrons. The molecular formula is C28H29ClN6O7S. The molecule has 0 saturated heterocycles. The summed E-state index contributed by atoms with van der Waals surface area (Å²) in [7, 11) is -2.37. The van der Waals surface area contributed by atoms with E-state index in [0.29, 0.717) is 22.3 Å². The highest BCUT2D eigenvalue weighted by Gasteiger charge is 2.32. The standard InChI is InChI=1S/C28H29ClN6O7S/c1-28(2,26(37)33-43(4,39)40)17-35-25(36)15-22(34(27(35)38)16-18-5-7-19(29)8-6-18)30-20-9-11-21(12-10-20)42-24-14-13-23(41-3)31-32-24/h5-15,30H,16-17H2,1-4H3,(H,33,37). The van der Waals surface area contributed by atoms with Crippen molar-refractivity contribution in [3.8, 4) is 17.5 Å². The summed E-state index contributed by atoms with van der Waals surface area (Å²) < 4.78 is 38.1. The van der Waals surface area contributed by atoms with Crippen LogP contribution >= 0.6 is 11.6 Å². The molecule has 0 fully saturated rings. The van der Waals surface area contributed by atoms with E-state index in [4.69, 9.17) is 21.1 Å². The summed E-state index contributed by atoms with van der Waals surface area (Å²) in [4.78, 5) is 39.6. The normalized spacial score (nSPS) is 11.6. The third-order valence-electron chi connectivity index (χ3n) is 6.15. The van der Waals surface area contributed by atoms with Crippen molar-refractivity contribution in [1.82, 2.24) is 24.1 Å². The van der Waals surface area contributed by atoms with E-state index in [0.717, 1.165) is 16.4 Å². The molecule has 4 aromatic rings. The van der Waals surface area contributed by atoms with Gasteiger partial charge in [0, 0.05) is 35.5 Å². The summed E-state index contributed by atoms with van der Waals surface area (Å²) in [5.41, 5.74) is -1.54. The van der Waals surface area contributed by atoms with Gasteiger partial charge in [0.2, 0.25) is 27.7 Å². The van der Waals surface area contributed by atoms with Crippen LogP contribution < -0.4 is 30.8 Å². The third-order valence-corrected chi connectivity index (χ3v) is 6.96. The zero-order chi connectivity index (χ0) is 31.4. The lowest BCUT2D eigenvalue weighted by Crippen LogP contribution is -2.48. The second kappa shape index (κ2) is 12.7. The van der Waals surface area contributed by atoms with Gasteiger partial charge in [-0.3, -0.25) is 23.4 Å². The van der Waals surface area contributed by atoms with Crippen LogP contribution in [-0.2, 0) is 27.9 Å². The van der Waals surface area contributed by atoms with Gasteiger partial charge in [-0.05, 0) is 55.8 Å². The monoisotopic (exact) mass is 628 g/mol. The Kier molecular flexibility index (Phi) is 9.21. The Morgan fingerprint density at radius 1 is 0.953 bits per heavy atom. The highest BCUT2D eigenvalue weighted by molar-refractivity contribution is 7.89. The van der Waals surface area contributed by atoms with Crippen molar-refractivity contribution in [1.29, 1.82) is 0 Å². The van der Waals surface area contributed by atoms with Crippen molar-refractivity contribution in [2.24, 2.45) is 5.41 Å². The second-order valence-corrected chi connectivity index (χ2v) is 12.4. The summed E-state index contributed by atoms with van der Waals surface area (Å²) >= 11 is 6.03. The number of anilines is 2. The molecule has 0 saturated carbocycles. The van der Waals surface area contributed by atoms with Gasteiger partial charge in [0.1, 0.15) is 11.6 Å². The van der Waals surface area contributed by atoms with Crippen molar-refractivity contribution < 1.29 is 22.7 Å². The Morgan fingerprint density at radius 2 is 1.58 bits per heavy atom. The van der Waals surface area contributed by atoms with Crippen molar-refractivity contribution in [3.63, 3.8) is 0 Å². The maximum absolute atomic E-state index is 13.7. The van der Waals surface area contributed by atoms with Gasteiger partial charge in [-0.2, -0.15) is 0 Å². The predicted octanol–water partition coefficient (Wildman–Crippen LogP) is 3.15. The molecule has 0 aliphatic carbocycles. The van der Waals surface area contributed by atoms with E-state index in [1.807, 2.05) is 4.72 Å². The Labute approximate surface area is 252 Å². The number of aromatic nitrogens is 4. The summed E-state index contributed by atoms with van der Waals surface area (Å²) in [6, 6.07) is 18.0. The molecule has 15 heteroatoms. The molecule has 0 aliphatic heterocycles. The molecule has 2 heterocycles. The molecule has 0 spiro atoms.